The average molecular weight is 635 g/mol. The third-order valence-corrected chi connectivity index (χ3v) is 10.00. The Labute approximate surface area is 256 Å². The molecule has 4 rings (SSSR count). The third-order valence-electron chi connectivity index (χ3n) is 7.41. The molecule has 0 aliphatic heterocycles. The summed E-state index contributed by atoms with van der Waals surface area (Å²) in [6.07, 6.45) is 5.18. The van der Waals surface area contributed by atoms with Gasteiger partial charge >= 0.3 is 0 Å². The molecule has 3 aromatic carbocycles. The van der Waals surface area contributed by atoms with Crippen molar-refractivity contribution in [2.75, 3.05) is 10.8 Å². The Morgan fingerprint density at radius 1 is 0.952 bits per heavy atom. The molecule has 224 valence electrons. The average Bonchev–Trinajstić information content (AvgIpc) is 2.99. The van der Waals surface area contributed by atoms with E-state index < -0.39 is 34.3 Å². The predicted octanol–water partition coefficient (Wildman–Crippen LogP) is 6.58. The lowest BCUT2D eigenvalue weighted by atomic mass is 9.95. The predicted molar refractivity (Wildman–Crippen MR) is 163 cm³/mol. The van der Waals surface area contributed by atoms with Crippen molar-refractivity contribution in [1.82, 2.24) is 10.2 Å². The van der Waals surface area contributed by atoms with E-state index in [0.29, 0.717) is 5.56 Å². The van der Waals surface area contributed by atoms with E-state index in [0.717, 1.165) is 36.4 Å². The van der Waals surface area contributed by atoms with Crippen LogP contribution in [0, 0.1) is 5.82 Å². The monoisotopic (exact) mass is 633 g/mol. The van der Waals surface area contributed by atoms with Crippen molar-refractivity contribution in [3.05, 3.63) is 94.2 Å². The standard InChI is InChI=1S/C31H34Cl2FN3O4S/c1-2-27(31(39)35-24-10-5-3-6-11-24)36(20-22-16-18-23(34)19-17-22)29(38)21-37(28-15-9-14-26(32)30(28)33)42(40,41)25-12-7-4-8-13-25/h4,7-9,12-19,24,27H,2-3,5-6,10-11,20-21H2,1H3,(H,35,39)/t27-/m1/s1. The summed E-state index contributed by atoms with van der Waals surface area (Å²) >= 11 is 12.7. The van der Waals surface area contributed by atoms with Crippen LogP contribution in [-0.4, -0.2) is 43.8 Å². The highest BCUT2D eigenvalue weighted by atomic mass is 35.5. The molecule has 1 aliphatic carbocycles. The molecule has 0 unspecified atom stereocenters. The first-order chi connectivity index (χ1) is 20.1. The molecule has 2 amide bonds. The van der Waals surface area contributed by atoms with Crippen molar-refractivity contribution in [3.8, 4) is 0 Å². The van der Waals surface area contributed by atoms with Gasteiger partial charge in [-0.3, -0.25) is 13.9 Å². The quantitative estimate of drug-likeness (QED) is 0.258. The first kappa shape index (κ1) is 31.8. The number of nitrogens with one attached hydrogen (secondary N) is 1. The van der Waals surface area contributed by atoms with E-state index in [1.54, 1.807) is 31.2 Å². The zero-order valence-electron chi connectivity index (χ0n) is 23.3. The Kier molecular flexibility index (Phi) is 10.9. The van der Waals surface area contributed by atoms with E-state index in [1.807, 2.05) is 0 Å². The van der Waals surface area contributed by atoms with Gasteiger partial charge in [0.25, 0.3) is 10.0 Å². The van der Waals surface area contributed by atoms with Crippen molar-refractivity contribution >= 4 is 50.7 Å². The van der Waals surface area contributed by atoms with Crippen LogP contribution < -0.4 is 9.62 Å². The van der Waals surface area contributed by atoms with Crippen molar-refractivity contribution < 1.29 is 22.4 Å². The number of hydrogen-bond acceptors (Lipinski definition) is 4. The lowest BCUT2D eigenvalue weighted by molar-refractivity contribution is -0.140. The summed E-state index contributed by atoms with van der Waals surface area (Å²) in [4.78, 5) is 29.0. The number of carbonyl (C=O) groups is 2. The highest BCUT2D eigenvalue weighted by Crippen LogP contribution is 2.35. The van der Waals surface area contributed by atoms with E-state index in [4.69, 9.17) is 23.2 Å². The number of carbonyl (C=O) groups excluding carboxylic acids is 2. The van der Waals surface area contributed by atoms with E-state index in [2.05, 4.69) is 5.32 Å². The van der Waals surface area contributed by atoms with Gasteiger partial charge in [-0.1, -0.05) is 85.8 Å². The van der Waals surface area contributed by atoms with Gasteiger partial charge in [0.2, 0.25) is 11.8 Å². The Hall–Kier alpha value is -3.14. The summed E-state index contributed by atoms with van der Waals surface area (Å²) in [5, 5.41) is 3.19. The van der Waals surface area contributed by atoms with Gasteiger partial charge in [-0.15, -0.1) is 0 Å². The van der Waals surface area contributed by atoms with Crippen molar-refractivity contribution in [2.45, 2.75) is 69.0 Å². The van der Waals surface area contributed by atoms with Crippen molar-refractivity contribution in [3.63, 3.8) is 0 Å². The fraction of sp³-hybridized carbons (Fsp3) is 0.355. The SMILES string of the molecule is CC[C@H](C(=O)NC1CCCCC1)N(Cc1ccc(F)cc1)C(=O)CN(c1cccc(Cl)c1Cl)S(=O)(=O)c1ccccc1. The second-order valence-corrected chi connectivity index (χ2v) is 13.0. The van der Waals surface area contributed by atoms with E-state index in [9.17, 15) is 22.4 Å². The Bertz CT molecular complexity index is 1480. The molecule has 11 heteroatoms. The first-order valence-corrected chi connectivity index (χ1v) is 16.2. The lowest BCUT2D eigenvalue weighted by Crippen LogP contribution is -2.54. The fourth-order valence-electron chi connectivity index (χ4n) is 5.17. The molecule has 0 radical (unpaired) electrons. The van der Waals surface area contributed by atoms with Crippen molar-refractivity contribution in [2.24, 2.45) is 0 Å². The maximum atomic E-state index is 14.2. The van der Waals surface area contributed by atoms with Crippen LogP contribution in [0.5, 0.6) is 0 Å². The number of halogens is 3. The second-order valence-electron chi connectivity index (χ2n) is 10.3. The van der Waals surface area contributed by atoms with Crippen LogP contribution in [0.25, 0.3) is 0 Å². The minimum absolute atomic E-state index is 0.0169. The molecule has 1 saturated carbocycles. The molecule has 0 bridgehead atoms. The molecule has 0 saturated heterocycles. The number of benzene rings is 3. The zero-order valence-corrected chi connectivity index (χ0v) is 25.6. The molecule has 0 spiro atoms. The number of nitrogens with zero attached hydrogens (tertiary/aromatic N) is 2. The molecule has 3 aromatic rings. The molecule has 1 fully saturated rings. The zero-order chi connectivity index (χ0) is 30.3. The van der Waals surface area contributed by atoms with Gasteiger partial charge in [-0.2, -0.15) is 0 Å². The third kappa shape index (κ3) is 7.62. The van der Waals surface area contributed by atoms with Gasteiger partial charge < -0.3 is 10.2 Å². The summed E-state index contributed by atoms with van der Waals surface area (Å²) in [5.74, 6) is -1.37. The highest BCUT2D eigenvalue weighted by molar-refractivity contribution is 7.92. The topological polar surface area (TPSA) is 86.8 Å². The van der Waals surface area contributed by atoms with Crippen LogP contribution in [0.2, 0.25) is 10.0 Å². The van der Waals surface area contributed by atoms with Gasteiger partial charge in [0.1, 0.15) is 18.4 Å². The van der Waals surface area contributed by atoms with Gasteiger partial charge in [0.15, 0.2) is 0 Å². The lowest BCUT2D eigenvalue weighted by Gasteiger charge is -2.34. The summed E-state index contributed by atoms with van der Waals surface area (Å²) < 4.78 is 42.4. The van der Waals surface area contributed by atoms with Crippen molar-refractivity contribution in [1.29, 1.82) is 0 Å². The van der Waals surface area contributed by atoms with E-state index in [-0.39, 0.29) is 45.5 Å². The van der Waals surface area contributed by atoms with Crippen LogP contribution in [0.15, 0.2) is 77.7 Å². The van der Waals surface area contributed by atoms with Crippen LogP contribution in [-0.2, 0) is 26.2 Å². The Morgan fingerprint density at radius 3 is 2.26 bits per heavy atom. The summed E-state index contributed by atoms with van der Waals surface area (Å²) in [7, 11) is -4.28. The molecule has 1 N–H and O–H groups in total. The maximum Gasteiger partial charge on any atom is 0.264 e. The molecule has 1 atom stereocenters. The van der Waals surface area contributed by atoms with Crippen LogP contribution >= 0.6 is 23.2 Å². The first-order valence-electron chi connectivity index (χ1n) is 14.0. The van der Waals surface area contributed by atoms with Gasteiger partial charge in [0, 0.05) is 12.6 Å². The minimum Gasteiger partial charge on any atom is -0.352 e. The number of sulfonamides is 1. The number of amides is 2. The Balaban J connectivity index is 1.72. The van der Waals surface area contributed by atoms with Gasteiger partial charge in [-0.25, -0.2) is 12.8 Å². The van der Waals surface area contributed by atoms with Gasteiger partial charge in [0.05, 0.1) is 20.6 Å². The highest BCUT2D eigenvalue weighted by Gasteiger charge is 2.35. The number of anilines is 1. The minimum atomic E-state index is -4.28. The molecular weight excluding hydrogens is 600 g/mol. The molecule has 7 nitrogen and oxygen atoms in total. The number of rotatable bonds is 11. The fourth-order valence-corrected chi connectivity index (χ4v) is 7.06. The smallest absolute Gasteiger partial charge is 0.264 e. The van der Waals surface area contributed by atoms with E-state index >= 15 is 0 Å². The molecular formula is C31H34Cl2FN3O4S. The summed E-state index contributed by atoms with van der Waals surface area (Å²) in [6.45, 7) is 1.12. The maximum absolute atomic E-state index is 14.2. The number of hydrogen-bond donors (Lipinski definition) is 1. The van der Waals surface area contributed by atoms with Crippen LogP contribution in [0.4, 0.5) is 10.1 Å². The molecule has 0 aromatic heterocycles. The Morgan fingerprint density at radius 2 is 1.62 bits per heavy atom. The van der Waals surface area contributed by atoms with Crippen LogP contribution in [0.1, 0.15) is 51.0 Å². The summed E-state index contributed by atoms with van der Waals surface area (Å²) in [6, 6.07) is 17.0. The largest absolute Gasteiger partial charge is 0.352 e. The van der Waals surface area contributed by atoms with Crippen LogP contribution in [0.3, 0.4) is 0 Å². The molecule has 42 heavy (non-hydrogen) atoms. The van der Waals surface area contributed by atoms with E-state index in [1.165, 1.54) is 53.4 Å². The molecule has 0 heterocycles. The normalized spacial score (nSPS) is 14.7. The summed E-state index contributed by atoms with van der Waals surface area (Å²) in [5.41, 5.74) is 0.620. The molecule has 1 aliphatic rings. The van der Waals surface area contributed by atoms with Gasteiger partial charge in [-0.05, 0) is 61.2 Å². The second kappa shape index (κ2) is 14.4.